The summed E-state index contributed by atoms with van der Waals surface area (Å²) in [6.07, 6.45) is 1.08. The molecule has 2 aromatic carbocycles. The molecule has 4 rings (SSSR count). The summed E-state index contributed by atoms with van der Waals surface area (Å²) in [7, 11) is 1.79. The van der Waals surface area contributed by atoms with Gasteiger partial charge in [-0.25, -0.2) is 4.98 Å². The Morgan fingerprint density at radius 2 is 2.04 bits per heavy atom. The van der Waals surface area contributed by atoms with Crippen molar-refractivity contribution in [3.63, 3.8) is 0 Å². The van der Waals surface area contributed by atoms with Crippen LogP contribution in [0.1, 0.15) is 23.7 Å². The average molecular weight is 338 g/mol. The minimum Gasteiger partial charge on any atom is -0.373 e. The summed E-state index contributed by atoms with van der Waals surface area (Å²) in [4.78, 5) is 18.9. The molecule has 0 fully saturated rings. The molecule has 122 valence electrons. The number of para-hydroxylation sites is 1. The highest BCUT2D eigenvalue weighted by atomic mass is 32.1. The van der Waals surface area contributed by atoms with Gasteiger partial charge in [0.15, 0.2) is 5.13 Å². The highest BCUT2D eigenvalue weighted by Crippen LogP contribution is 2.32. The first-order valence-corrected chi connectivity index (χ1v) is 8.85. The van der Waals surface area contributed by atoms with Gasteiger partial charge in [0.2, 0.25) is 5.91 Å². The van der Waals surface area contributed by atoms with Crippen molar-refractivity contribution in [2.75, 3.05) is 18.6 Å². The third-order valence-corrected chi connectivity index (χ3v) is 5.51. The van der Waals surface area contributed by atoms with Gasteiger partial charge in [0.25, 0.3) is 0 Å². The van der Waals surface area contributed by atoms with E-state index >= 15 is 0 Å². The Bertz CT molecular complexity index is 857. The Balaban J connectivity index is 1.54. The Labute approximate surface area is 144 Å². The summed E-state index contributed by atoms with van der Waals surface area (Å²) >= 11 is 1.53. The first-order valence-electron chi connectivity index (χ1n) is 8.04. The lowest BCUT2D eigenvalue weighted by Gasteiger charge is -2.26. The van der Waals surface area contributed by atoms with Gasteiger partial charge in [-0.1, -0.05) is 47.7 Å². The SMILES string of the molecule is CN(C(=O)C[C@H]1OCCc2ccccc21)c1nc2ccccc2s1. The number of amides is 1. The fraction of sp³-hybridized carbons (Fsp3) is 0.263. The molecule has 3 aromatic rings. The number of aromatic nitrogens is 1. The lowest BCUT2D eigenvalue weighted by Crippen LogP contribution is -2.29. The summed E-state index contributed by atoms with van der Waals surface area (Å²) in [6, 6.07) is 16.2. The van der Waals surface area contributed by atoms with Crippen LogP contribution in [0.4, 0.5) is 5.13 Å². The van der Waals surface area contributed by atoms with Crippen LogP contribution in [0.15, 0.2) is 48.5 Å². The van der Waals surface area contributed by atoms with Crippen LogP contribution in [0.25, 0.3) is 10.2 Å². The Hall–Kier alpha value is -2.24. The van der Waals surface area contributed by atoms with Crippen molar-refractivity contribution in [2.24, 2.45) is 0 Å². The monoisotopic (exact) mass is 338 g/mol. The number of carbonyl (C=O) groups excluding carboxylic acids is 1. The molecule has 0 saturated carbocycles. The van der Waals surface area contributed by atoms with Gasteiger partial charge in [0.05, 0.1) is 29.3 Å². The molecule has 5 heteroatoms. The smallest absolute Gasteiger partial charge is 0.231 e. The zero-order chi connectivity index (χ0) is 16.5. The molecule has 1 atom stereocenters. The summed E-state index contributed by atoms with van der Waals surface area (Å²) in [6.45, 7) is 0.666. The quantitative estimate of drug-likeness (QED) is 0.726. The predicted molar refractivity (Wildman–Crippen MR) is 96.5 cm³/mol. The number of nitrogens with zero attached hydrogens (tertiary/aromatic N) is 2. The molecule has 1 aliphatic rings. The summed E-state index contributed by atoms with van der Waals surface area (Å²) < 4.78 is 6.94. The maximum atomic E-state index is 12.7. The van der Waals surface area contributed by atoms with Gasteiger partial charge < -0.3 is 4.74 Å². The molecule has 0 saturated heterocycles. The summed E-state index contributed by atoms with van der Waals surface area (Å²) in [5.41, 5.74) is 3.34. The molecule has 0 unspecified atom stereocenters. The molecule has 1 amide bonds. The largest absolute Gasteiger partial charge is 0.373 e. The van der Waals surface area contributed by atoms with Crippen LogP contribution in [0, 0.1) is 0 Å². The van der Waals surface area contributed by atoms with E-state index in [1.165, 1.54) is 16.9 Å². The third-order valence-electron chi connectivity index (χ3n) is 4.40. The van der Waals surface area contributed by atoms with Crippen LogP contribution >= 0.6 is 11.3 Å². The summed E-state index contributed by atoms with van der Waals surface area (Å²) in [5.74, 6) is 0.0239. The number of anilines is 1. The van der Waals surface area contributed by atoms with Crippen molar-refractivity contribution >= 4 is 32.6 Å². The zero-order valence-corrected chi connectivity index (χ0v) is 14.3. The zero-order valence-electron chi connectivity index (χ0n) is 13.4. The number of thiazole rings is 1. The highest BCUT2D eigenvalue weighted by molar-refractivity contribution is 7.22. The maximum Gasteiger partial charge on any atom is 0.231 e. The Morgan fingerprint density at radius 3 is 2.92 bits per heavy atom. The van der Waals surface area contributed by atoms with Crippen molar-refractivity contribution < 1.29 is 9.53 Å². The lowest BCUT2D eigenvalue weighted by atomic mass is 9.95. The van der Waals surface area contributed by atoms with Crippen molar-refractivity contribution in [1.82, 2.24) is 4.98 Å². The van der Waals surface area contributed by atoms with Crippen LogP contribution in [0.5, 0.6) is 0 Å². The molecule has 2 heterocycles. The number of hydrogen-bond acceptors (Lipinski definition) is 4. The normalized spacial score (nSPS) is 16.8. The molecule has 1 aliphatic heterocycles. The van der Waals surface area contributed by atoms with E-state index in [2.05, 4.69) is 17.1 Å². The van der Waals surface area contributed by atoms with E-state index in [-0.39, 0.29) is 12.0 Å². The van der Waals surface area contributed by atoms with Gasteiger partial charge in [-0.15, -0.1) is 0 Å². The maximum absolute atomic E-state index is 12.7. The van der Waals surface area contributed by atoms with Crippen molar-refractivity contribution in [3.8, 4) is 0 Å². The van der Waals surface area contributed by atoms with Crippen LogP contribution in [-0.2, 0) is 16.0 Å². The number of carbonyl (C=O) groups is 1. The topological polar surface area (TPSA) is 42.4 Å². The number of rotatable bonds is 3. The summed E-state index contributed by atoms with van der Waals surface area (Å²) in [5, 5.41) is 0.727. The van der Waals surface area contributed by atoms with Gasteiger partial charge in [-0.3, -0.25) is 9.69 Å². The molecule has 1 aromatic heterocycles. The molecule has 24 heavy (non-hydrogen) atoms. The lowest BCUT2D eigenvalue weighted by molar-refractivity contribution is -0.121. The second kappa shape index (κ2) is 6.34. The van der Waals surface area contributed by atoms with E-state index in [1.54, 1.807) is 11.9 Å². The third kappa shape index (κ3) is 2.81. The second-order valence-electron chi connectivity index (χ2n) is 5.93. The Morgan fingerprint density at radius 1 is 1.25 bits per heavy atom. The van der Waals surface area contributed by atoms with E-state index in [9.17, 15) is 4.79 Å². The fourth-order valence-corrected chi connectivity index (χ4v) is 4.00. The molecular formula is C19H18N2O2S. The standard InChI is InChI=1S/C19H18N2O2S/c1-21(19-20-15-8-4-5-9-17(15)24-19)18(22)12-16-14-7-3-2-6-13(14)10-11-23-16/h2-9,16H,10-12H2,1H3/t16-/m1/s1. The van der Waals surface area contributed by atoms with Crippen molar-refractivity contribution in [3.05, 3.63) is 59.7 Å². The first-order chi connectivity index (χ1) is 11.7. The first kappa shape index (κ1) is 15.3. The van der Waals surface area contributed by atoms with Crippen molar-refractivity contribution in [1.29, 1.82) is 0 Å². The highest BCUT2D eigenvalue weighted by Gasteiger charge is 2.25. The number of ether oxygens (including phenoxy) is 1. The second-order valence-corrected chi connectivity index (χ2v) is 6.94. The van der Waals surface area contributed by atoms with E-state index in [4.69, 9.17) is 4.74 Å². The van der Waals surface area contributed by atoms with Crippen LogP contribution in [0.2, 0.25) is 0 Å². The molecule has 0 N–H and O–H groups in total. The van der Waals surface area contributed by atoms with Crippen LogP contribution < -0.4 is 4.90 Å². The fourth-order valence-electron chi connectivity index (χ4n) is 3.05. The average Bonchev–Trinajstić information content (AvgIpc) is 3.05. The van der Waals surface area contributed by atoms with Gasteiger partial charge in [0, 0.05) is 7.05 Å². The molecular weight excluding hydrogens is 320 g/mol. The minimum absolute atomic E-state index is 0.0239. The number of fused-ring (bicyclic) bond motifs is 2. The van der Waals surface area contributed by atoms with Crippen LogP contribution in [0.3, 0.4) is 0 Å². The van der Waals surface area contributed by atoms with E-state index in [0.717, 1.165) is 27.3 Å². The van der Waals surface area contributed by atoms with Crippen molar-refractivity contribution in [2.45, 2.75) is 18.9 Å². The molecule has 0 bridgehead atoms. The van der Waals surface area contributed by atoms with Gasteiger partial charge >= 0.3 is 0 Å². The van der Waals surface area contributed by atoms with Crippen LogP contribution in [-0.4, -0.2) is 24.5 Å². The molecule has 0 radical (unpaired) electrons. The molecule has 0 spiro atoms. The Kier molecular flexibility index (Phi) is 4.04. The minimum atomic E-state index is -0.167. The van der Waals surface area contributed by atoms with Gasteiger partial charge in [-0.2, -0.15) is 0 Å². The molecule has 4 nitrogen and oxygen atoms in total. The van der Waals surface area contributed by atoms with Gasteiger partial charge in [-0.05, 0) is 29.7 Å². The van der Waals surface area contributed by atoms with E-state index in [0.29, 0.717) is 13.0 Å². The number of hydrogen-bond donors (Lipinski definition) is 0. The van der Waals surface area contributed by atoms with Gasteiger partial charge in [0.1, 0.15) is 0 Å². The van der Waals surface area contributed by atoms with E-state index < -0.39 is 0 Å². The number of benzene rings is 2. The molecule has 0 aliphatic carbocycles. The predicted octanol–water partition coefficient (Wildman–Crippen LogP) is 3.96. The van der Waals surface area contributed by atoms with E-state index in [1.807, 2.05) is 36.4 Å².